The molecule has 1 rings (SSSR count). The van der Waals surface area contributed by atoms with Gasteiger partial charge in [0.15, 0.2) is 6.10 Å². The first kappa shape index (κ1) is 17.2. The fourth-order valence-electron chi connectivity index (χ4n) is 1.53. The van der Waals surface area contributed by atoms with Gasteiger partial charge in [-0.1, -0.05) is 13.8 Å². The lowest BCUT2D eigenvalue weighted by Crippen LogP contribution is -2.30. The van der Waals surface area contributed by atoms with Gasteiger partial charge in [0.1, 0.15) is 5.00 Å². The largest absolute Gasteiger partial charge is 0.453 e. The first-order chi connectivity index (χ1) is 9.81. The van der Waals surface area contributed by atoms with Crippen LogP contribution < -0.4 is 11.1 Å². The maximum absolute atomic E-state index is 11.9. The van der Waals surface area contributed by atoms with Gasteiger partial charge in [-0.3, -0.25) is 14.4 Å². The number of hydrogen-bond donors (Lipinski definition) is 2. The van der Waals surface area contributed by atoms with Crippen molar-refractivity contribution in [1.82, 2.24) is 0 Å². The monoisotopic (exact) mass is 312 g/mol. The lowest BCUT2D eigenvalue weighted by atomic mass is 10.1. The van der Waals surface area contributed by atoms with E-state index in [0.717, 1.165) is 0 Å². The van der Waals surface area contributed by atoms with Crippen molar-refractivity contribution in [3.05, 3.63) is 17.0 Å². The minimum Gasteiger partial charge on any atom is -0.453 e. The number of thiophene rings is 1. The van der Waals surface area contributed by atoms with E-state index in [2.05, 4.69) is 5.32 Å². The van der Waals surface area contributed by atoms with Gasteiger partial charge in [0.05, 0.1) is 5.56 Å². The van der Waals surface area contributed by atoms with Crippen LogP contribution in [0.1, 0.15) is 44.0 Å². The first-order valence-corrected chi connectivity index (χ1v) is 7.56. The number of esters is 1. The van der Waals surface area contributed by atoms with Crippen molar-refractivity contribution in [2.45, 2.75) is 39.7 Å². The molecule has 1 unspecified atom stereocenters. The van der Waals surface area contributed by atoms with Crippen LogP contribution >= 0.6 is 11.3 Å². The number of nitrogens with two attached hydrogens (primary N) is 1. The predicted molar refractivity (Wildman–Crippen MR) is 81.1 cm³/mol. The molecule has 0 fully saturated rings. The van der Waals surface area contributed by atoms with Crippen LogP contribution in [0.2, 0.25) is 0 Å². The molecular weight excluding hydrogens is 292 g/mol. The highest BCUT2D eigenvalue weighted by atomic mass is 32.1. The van der Waals surface area contributed by atoms with Gasteiger partial charge in [0.25, 0.3) is 11.8 Å². The molecule has 0 saturated carbocycles. The molecule has 0 aliphatic carbocycles. The Bertz CT molecular complexity index is 525. The van der Waals surface area contributed by atoms with E-state index in [0.29, 0.717) is 17.3 Å². The number of amides is 2. The number of carbonyl (C=O) groups excluding carboxylic acids is 3. The van der Waals surface area contributed by atoms with Gasteiger partial charge in [0, 0.05) is 6.42 Å². The number of ether oxygens (including phenoxy) is 1. The molecule has 21 heavy (non-hydrogen) atoms. The van der Waals surface area contributed by atoms with E-state index in [1.54, 1.807) is 5.38 Å². The summed E-state index contributed by atoms with van der Waals surface area (Å²) < 4.78 is 5.05. The normalized spacial score (nSPS) is 12.0. The SMILES string of the molecule is CC(C)CCC(=O)OC(C)C(=O)Nc1sccc1C(N)=O. The summed E-state index contributed by atoms with van der Waals surface area (Å²) >= 11 is 1.18. The molecule has 1 heterocycles. The summed E-state index contributed by atoms with van der Waals surface area (Å²) in [7, 11) is 0. The number of primary amides is 1. The van der Waals surface area contributed by atoms with Crippen molar-refractivity contribution < 1.29 is 19.1 Å². The zero-order chi connectivity index (χ0) is 16.0. The third kappa shape index (κ3) is 5.55. The number of hydrogen-bond acceptors (Lipinski definition) is 5. The Kier molecular flexibility index (Phi) is 6.36. The fraction of sp³-hybridized carbons (Fsp3) is 0.500. The van der Waals surface area contributed by atoms with Crippen LogP contribution in [-0.4, -0.2) is 23.9 Å². The number of rotatable bonds is 7. The smallest absolute Gasteiger partial charge is 0.306 e. The second kappa shape index (κ2) is 7.78. The van der Waals surface area contributed by atoms with Gasteiger partial charge in [-0.15, -0.1) is 11.3 Å². The highest BCUT2D eigenvalue weighted by Gasteiger charge is 2.20. The summed E-state index contributed by atoms with van der Waals surface area (Å²) in [6.45, 7) is 5.50. The van der Waals surface area contributed by atoms with E-state index in [1.807, 2.05) is 13.8 Å². The third-order valence-corrected chi connectivity index (χ3v) is 3.60. The molecule has 116 valence electrons. The Labute approximate surface area is 127 Å². The molecule has 6 nitrogen and oxygen atoms in total. The van der Waals surface area contributed by atoms with Gasteiger partial charge in [-0.2, -0.15) is 0 Å². The number of anilines is 1. The fourth-order valence-corrected chi connectivity index (χ4v) is 2.33. The van der Waals surface area contributed by atoms with E-state index in [9.17, 15) is 14.4 Å². The Hall–Kier alpha value is -1.89. The first-order valence-electron chi connectivity index (χ1n) is 6.69. The van der Waals surface area contributed by atoms with Crippen molar-refractivity contribution in [2.24, 2.45) is 11.7 Å². The highest BCUT2D eigenvalue weighted by Crippen LogP contribution is 2.23. The van der Waals surface area contributed by atoms with Crippen LogP contribution in [0, 0.1) is 5.92 Å². The average Bonchev–Trinajstić information content (AvgIpc) is 2.84. The Balaban J connectivity index is 2.53. The molecule has 3 N–H and O–H groups in total. The molecule has 0 bridgehead atoms. The van der Waals surface area contributed by atoms with Gasteiger partial charge < -0.3 is 15.8 Å². The molecule has 0 aliphatic rings. The third-order valence-electron chi connectivity index (χ3n) is 2.77. The van der Waals surface area contributed by atoms with Crippen LogP contribution in [0.25, 0.3) is 0 Å². The van der Waals surface area contributed by atoms with Crippen molar-refractivity contribution in [2.75, 3.05) is 5.32 Å². The van der Waals surface area contributed by atoms with Gasteiger partial charge in [0.2, 0.25) is 0 Å². The van der Waals surface area contributed by atoms with Crippen LogP contribution in [0.3, 0.4) is 0 Å². The minimum atomic E-state index is -0.924. The molecule has 0 aliphatic heterocycles. The minimum absolute atomic E-state index is 0.242. The zero-order valence-electron chi connectivity index (χ0n) is 12.3. The highest BCUT2D eigenvalue weighted by molar-refractivity contribution is 7.14. The zero-order valence-corrected chi connectivity index (χ0v) is 13.2. The van der Waals surface area contributed by atoms with Crippen molar-refractivity contribution in [3.8, 4) is 0 Å². The summed E-state index contributed by atoms with van der Waals surface area (Å²) in [5.74, 6) is -1.12. The average molecular weight is 312 g/mol. The molecule has 0 radical (unpaired) electrons. The van der Waals surface area contributed by atoms with E-state index < -0.39 is 23.9 Å². The lowest BCUT2D eigenvalue weighted by Gasteiger charge is -2.13. The van der Waals surface area contributed by atoms with Crippen LogP contribution in [-0.2, 0) is 14.3 Å². The Morgan fingerprint density at radius 3 is 2.57 bits per heavy atom. The van der Waals surface area contributed by atoms with E-state index >= 15 is 0 Å². The lowest BCUT2D eigenvalue weighted by molar-refractivity contribution is -0.153. The summed E-state index contributed by atoms with van der Waals surface area (Å²) in [5, 5.41) is 4.55. The maximum Gasteiger partial charge on any atom is 0.306 e. The van der Waals surface area contributed by atoms with Crippen molar-refractivity contribution >= 4 is 34.1 Å². The summed E-state index contributed by atoms with van der Waals surface area (Å²) in [6.07, 6.45) is 0.0672. The van der Waals surface area contributed by atoms with Gasteiger partial charge >= 0.3 is 5.97 Å². The molecule has 1 aromatic heterocycles. The van der Waals surface area contributed by atoms with Crippen LogP contribution in [0.5, 0.6) is 0 Å². The van der Waals surface area contributed by atoms with E-state index in [1.165, 1.54) is 24.3 Å². The van der Waals surface area contributed by atoms with Crippen LogP contribution in [0.4, 0.5) is 5.00 Å². The van der Waals surface area contributed by atoms with Crippen LogP contribution in [0.15, 0.2) is 11.4 Å². The molecule has 0 saturated heterocycles. The van der Waals surface area contributed by atoms with Crippen molar-refractivity contribution in [3.63, 3.8) is 0 Å². The standard InChI is InChI=1S/C14H20N2O4S/c1-8(2)4-5-11(17)20-9(3)13(19)16-14-10(12(15)18)6-7-21-14/h6-9H,4-5H2,1-3H3,(H2,15,18)(H,16,19). The van der Waals surface area contributed by atoms with E-state index in [4.69, 9.17) is 10.5 Å². The Morgan fingerprint density at radius 2 is 2.00 bits per heavy atom. The molecule has 7 heteroatoms. The molecular formula is C14H20N2O4S. The topological polar surface area (TPSA) is 98.5 Å². The van der Waals surface area contributed by atoms with E-state index in [-0.39, 0.29) is 12.0 Å². The van der Waals surface area contributed by atoms with Crippen molar-refractivity contribution in [1.29, 1.82) is 0 Å². The predicted octanol–water partition coefficient (Wildman–Crippen LogP) is 2.15. The summed E-state index contributed by atoms with van der Waals surface area (Å²) in [5.41, 5.74) is 5.43. The number of nitrogens with one attached hydrogen (secondary N) is 1. The quantitative estimate of drug-likeness (QED) is 0.754. The molecule has 2 amide bonds. The second-order valence-electron chi connectivity index (χ2n) is 5.08. The molecule has 0 aromatic carbocycles. The number of carbonyl (C=O) groups is 3. The molecule has 1 atom stereocenters. The maximum atomic E-state index is 11.9. The van der Waals surface area contributed by atoms with Gasteiger partial charge in [-0.05, 0) is 30.7 Å². The molecule has 0 spiro atoms. The Morgan fingerprint density at radius 1 is 1.33 bits per heavy atom. The summed E-state index contributed by atoms with van der Waals surface area (Å²) in [4.78, 5) is 34.6. The summed E-state index contributed by atoms with van der Waals surface area (Å²) in [6, 6.07) is 1.53. The van der Waals surface area contributed by atoms with Gasteiger partial charge in [-0.25, -0.2) is 0 Å². The molecule has 1 aromatic rings. The second-order valence-corrected chi connectivity index (χ2v) is 6.00.